The van der Waals surface area contributed by atoms with Crippen LogP contribution in [0.1, 0.15) is 19.4 Å². The summed E-state index contributed by atoms with van der Waals surface area (Å²) in [6, 6.07) is 4.65. The molecule has 0 heterocycles. The van der Waals surface area contributed by atoms with Crippen molar-refractivity contribution in [3.05, 3.63) is 23.8 Å². The van der Waals surface area contributed by atoms with Crippen molar-refractivity contribution in [3.63, 3.8) is 0 Å². The minimum absolute atomic E-state index is 0.358. The number of nitrogens with one attached hydrogen (secondary N) is 2. The van der Waals surface area contributed by atoms with Crippen LogP contribution in [-0.4, -0.2) is 43.8 Å². The number of anilines is 1. The molecule has 0 spiro atoms. The molecule has 9 heteroatoms. The number of aryl methyl sites for hydroxylation is 1. The molecule has 1 rings (SSSR count). The Morgan fingerprint density at radius 1 is 1.30 bits per heavy atom. The van der Waals surface area contributed by atoms with Crippen LogP contribution in [0.3, 0.4) is 0 Å². The molecule has 0 fully saturated rings. The summed E-state index contributed by atoms with van der Waals surface area (Å²) in [6.07, 6.45) is 0.974. The third-order valence-electron chi connectivity index (χ3n) is 2.82. The molecule has 23 heavy (non-hydrogen) atoms. The van der Waals surface area contributed by atoms with Crippen molar-refractivity contribution in [1.82, 2.24) is 4.72 Å². The Morgan fingerprint density at radius 2 is 1.91 bits per heavy atom. The van der Waals surface area contributed by atoms with Gasteiger partial charge in [-0.2, -0.15) is 0 Å². The highest BCUT2D eigenvalue weighted by atomic mass is 32.2. The van der Waals surface area contributed by atoms with Crippen LogP contribution in [0.2, 0.25) is 0 Å². The van der Waals surface area contributed by atoms with E-state index in [-0.39, 0.29) is 0 Å². The van der Waals surface area contributed by atoms with E-state index in [9.17, 15) is 18.0 Å². The molecule has 0 saturated heterocycles. The zero-order valence-corrected chi connectivity index (χ0v) is 14.2. The van der Waals surface area contributed by atoms with Gasteiger partial charge in [0, 0.05) is 5.69 Å². The smallest absolute Gasteiger partial charge is 0.341 e. The van der Waals surface area contributed by atoms with E-state index in [0.717, 1.165) is 6.26 Å². The third-order valence-corrected chi connectivity index (χ3v) is 3.70. The van der Waals surface area contributed by atoms with Gasteiger partial charge in [0.1, 0.15) is 11.3 Å². The van der Waals surface area contributed by atoms with E-state index >= 15 is 0 Å². The molecule has 1 aromatic carbocycles. The molecule has 1 aromatic rings. The standard InChI is InChI=1S/C14H20N2O6S/c1-9-7-10(22-8-12(17)18)5-6-11(9)15-13(19)14(2,3)16-23(4,20)21/h5-7,16H,8H2,1-4H3,(H,15,19)(H,17,18). The number of ether oxygens (including phenoxy) is 1. The van der Waals surface area contributed by atoms with Gasteiger partial charge in [0.15, 0.2) is 6.61 Å². The lowest BCUT2D eigenvalue weighted by Crippen LogP contribution is -2.51. The van der Waals surface area contributed by atoms with Crippen LogP contribution in [0.25, 0.3) is 0 Å². The van der Waals surface area contributed by atoms with Crippen molar-refractivity contribution in [2.75, 3.05) is 18.2 Å². The Kier molecular flexibility index (Phi) is 5.73. The normalized spacial score (nSPS) is 11.8. The molecule has 8 nitrogen and oxygen atoms in total. The number of amides is 1. The Bertz CT molecular complexity index is 712. The number of hydrogen-bond acceptors (Lipinski definition) is 5. The van der Waals surface area contributed by atoms with Gasteiger partial charge in [0.2, 0.25) is 15.9 Å². The zero-order chi connectivity index (χ0) is 17.8. The molecule has 1 amide bonds. The molecule has 0 bridgehead atoms. The summed E-state index contributed by atoms with van der Waals surface area (Å²) in [4.78, 5) is 22.7. The van der Waals surface area contributed by atoms with E-state index in [1.165, 1.54) is 19.9 Å². The summed E-state index contributed by atoms with van der Waals surface area (Å²) in [5.41, 5.74) is -0.198. The average molecular weight is 344 g/mol. The largest absolute Gasteiger partial charge is 0.482 e. The number of sulfonamides is 1. The number of carboxylic acids is 1. The Morgan fingerprint density at radius 3 is 2.39 bits per heavy atom. The monoisotopic (exact) mass is 344 g/mol. The van der Waals surface area contributed by atoms with Gasteiger partial charge in [-0.1, -0.05) is 0 Å². The lowest BCUT2D eigenvalue weighted by molar-refractivity contribution is -0.139. The summed E-state index contributed by atoms with van der Waals surface area (Å²) >= 11 is 0. The maximum Gasteiger partial charge on any atom is 0.341 e. The predicted molar refractivity (Wildman–Crippen MR) is 85.0 cm³/mol. The van der Waals surface area contributed by atoms with Crippen molar-refractivity contribution >= 4 is 27.6 Å². The SMILES string of the molecule is Cc1cc(OCC(=O)O)ccc1NC(=O)C(C)(C)NS(C)(=O)=O. The number of hydrogen-bond donors (Lipinski definition) is 3. The number of carbonyl (C=O) groups excluding carboxylic acids is 1. The zero-order valence-electron chi connectivity index (χ0n) is 13.3. The number of aliphatic carboxylic acids is 1. The topological polar surface area (TPSA) is 122 Å². The minimum Gasteiger partial charge on any atom is -0.482 e. The first-order valence-corrected chi connectivity index (χ1v) is 8.55. The highest BCUT2D eigenvalue weighted by Gasteiger charge is 2.31. The quantitative estimate of drug-likeness (QED) is 0.670. The number of rotatable bonds is 7. The van der Waals surface area contributed by atoms with Crippen molar-refractivity contribution in [3.8, 4) is 5.75 Å². The van der Waals surface area contributed by atoms with E-state index in [1.54, 1.807) is 19.1 Å². The fourth-order valence-electron chi connectivity index (χ4n) is 1.80. The molecule has 0 aliphatic carbocycles. The number of benzene rings is 1. The second-order valence-corrected chi connectivity index (χ2v) is 7.36. The first-order valence-electron chi connectivity index (χ1n) is 6.66. The van der Waals surface area contributed by atoms with Crippen LogP contribution in [0.4, 0.5) is 5.69 Å². The molecular weight excluding hydrogens is 324 g/mol. The molecule has 0 atom stereocenters. The van der Waals surface area contributed by atoms with Crippen molar-refractivity contribution in [2.24, 2.45) is 0 Å². The number of carbonyl (C=O) groups is 2. The van der Waals surface area contributed by atoms with E-state index < -0.39 is 34.0 Å². The second kappa shape index (κ2) is 6.97. The first kappa shape index (κ1) is 18.9. The molecule has 0 aliphatic heterocycles. The molecule has 0 radical (unpaired) electrons. The fraction of sp³-hybridized carbons (Fsp3) is 0.429. The van der Waals surface area contributed by atoms with Gasteiger partial charge in [-0.05, 0) is 44.5 Å². The predicted octanol–water partition coefficient (Wildman–Crippen LogP) is 0.725. The lowest BCUT2D eigenvalue weighted by atomic mass is 10.1. The van der Waals surface area contributed by atoms with Crippen molar-refractivity contribution in [2.45, 2.75) is 26.3 Å². The Labute approximate surface area is 134 Å². The average Bonchev–Trinajstić information content (AvgIpc) is 2.36. The molecule has 0 aromatic heterocycles. The Hall–Kier alpha value is -2.13. The van der Waals surface area contributed by atoms with Crippen LogP contribution < -0.4 is 14.8 Å². The van der Waals surface area contributed by atoms with Gasteiger partial charge in [0.05, 0.1) is 6.26 Å². The minimum atomic E-state index is -3.54. The van der Waals surface area contributed by atoms with Crippen LogP contribution in [-0.2, 0) is 19.6 Å². The maximum absolute atomic E-state index is 12.2. The van der Waals surface area contributed by atoms with E-state index in [1.807, 2.05) is 0 Å². The van der Waals surface area contributed by atoms with Gasteiger partial charge in [-0.15, -0.1) is 0 Å². The van der Waals surface area contributed by atoms with E-state index in [2.05, 4.69) is 10.0 Å². The third kappa shape index (κ3) is 6.25. The fourth-order valence-corrected chi connectivity index (χ4v) is 2.82. The van der Waals surface area contributed by atoms with Crippen LogP contribution in [0.5, 0.6) is 5.75 Å². The molecule has 0 aliphatic rings. The highest BCUT2D eigenvalue weighted by Crippen LogP contribution is 2.22. The van der Waals surface area contributed by atoms with Gasteiger partial charge < -0.3 is 15.2 Å². The number of carboxylic acid groups (broad SMARTS) is 1. The maximum atomic E-state index is 12.2. The lowest BCUT2D eigenvalue weighted by Gasteiger charge is -2.24. The summed E-state index contributed by atoms with van der Waals surface area (Å²) in [5, 5.41) is 11.2. The Balaban J connectivity index is 2.84. The van der Waals surface area contributed by atoms with Crippen LogP contribution >= 0.6 is 0 Å². The van der Waals surface area contributed by atoms with E-state index in [0.29, 0.717) is 17.0 Å². The second-order valence-electron chi connectivity index (χ2n) is 5.61. The van der Waals surface area contributed by atoms with E-state index in [4.69, 9.17) is 9.84 Å². The summed E-state index contributed by atoms with van der Waals surface area (Å²) in [6.45, 7) is 4.14. The summed E-state index contributed by atoms with van der Waals surface area (Å²) in [5.74, 6) is -1.25. The molecule has 3 N–H and O–H groups in total. The summed E-state index contributed by atoms with van der Waals surface area (Å²) < 4.78 is 29.9. The van der Waals surface area contributed by atoms with Gasteiger partial charge in [-0.25, -0.2) is 17.9 Å². The highest BCUT2D eigenvalue weighted by molar-refractivity contribution is 7.88. The van der Waals surface area contributed by atoms with Gasteiger partial charge in [0.25, 0.3) is 0 Å². The van der Waals surface area contributed by atoms with Crippen LogP contribution in [0.15, 0.2) is 18.2 Å². The molecule has 0 unspecified atom stereocenters. The van der Waals surface area contributed by atoms with Gasteiger partial charge >= 0.3 is 5.97 Å². The molecule has 128 valence electrons. The van der Waals surface area contributed by atoms with Gasteiger partial charge in [-0.3, -0.25) is 4.79 Å². The molecule has 0 saturated carbocycles. The van der Waals surface area contributed by atoms with Crippen molar-refractivity contribution < 1.29 is 27.9 Å². The first-order chi connectivity index (χ1) is 10.4. The summed E-state index contributed by atoms with van der Waals surface area (Å²) in [7, 11) is -3.54. The van der Waals surface area contributed by atoms with Crippen LogP contribution in [0, 0.1) is 6.92 Å². The molecular formula is C14H20N2O6S. The van der Waals surface area contributed by atoms with Crippen molar-refractivity contribution in [1.29, 1.82) is 0 Å².